The average Bonchev–Trinajstić information content (AvgIpc) is 2.89. The lowest BCUT2D eigenvalue weighted by Gasteiger charge is -2.66. The van der Waals surface area contributed by atoms with Crippen LogP contribution >= 0.6 is 0 Å². The lowest BCUT2D eigenvalue weighted by atomic mass is 9.35. The van der Waals surface area contributed by atoms with Gasteiger partial charge < -0.3 is 10.2 Å². The number of phenols is 1. The summed E-state index contributed by atoms with van der Waals surface area (Å²) in [5.74, 6) is -10.2. The van der Waals surface area contributed by atoms with E-state index in [-0.39, 0.29) is 11.3 Å². The molecule has 0 spiro atoms. The van der Waals surface area contributed by atoms with Crippen LogP contribution in [0.2, 0.25) is 0 Å². The molecule has 0 amide bonds. The Morgan fingerprint density at radius 3 is 2.05 bits per heavy atom. The van der Waals surface area contributed by atoms with Crippen molar-refractivity contribution in [3.8, 4) is 16.9 Å². The van der Waals surface area contributed by atoms with Crippen molar-refractivity contribution in [3.63, 3.8) is 0 Å². The fraction of sp³-hybridized carbons (Fsp3) is 0.500. The summed E-state index contributed by atoms with van der Waals surface area (Å²) in [5, 5.41) is 23.3. The van der Waals surface area contributed by atoms with E-state index in [0.29, 0.717) is 5.56 Å². The fourth-order valence-corrected chi connectivity index (χ4v) is 8.85. The topological polar surface area (TPSA) is 126 Å². The molecule has 3 aliphatic rings. The van der Waals surface area contributed by atoms with E-state index in [1.165, 1.54) is 6.07 Å². The number of carbonyl (C=O) groups is 5. The third-order valence-electron chi connectivity index (χ3n) is 11.2. The second kappa shape index (κ2) is 9.02. The van der Waals surface area contributed by atoms with Gasteiger partial charge in [0.15, 0.2) is 28.7 Å². The molecule has 2 fully saturated rings. The van der Waals surface area contributed by atoms with E-state index in [1.807, 2.05) is 45.0 Å². The predicted molar refractivity (Wildman–Crippen MR) is 152 cm³/mol. The van der Waals surface area contributed by atoms with Crippen LogP contribution in [0, 0.1) is 47.3 Å². The first-order valence-corrected chi connectivity index (χ1v) is 14.3. The minimum Gasteiger partial charge on any atom is -0.507 e. The molecule has 216 valence electrons. The summed E-state index contributed by atoms with van der Waals surface area (Å²) in [6.45, 7) is 13.8. The minimum absolute atomic E-state index is 0.00802. The highest BCUT2D eigenvalue weighted by Gasteiger charge is 2.79. The molecule has 7 heteroatoms. The van der Waals surface area contributed by atoms with Crippen LogP contribution in [-0.2, 0) is 19.2 Å². The number of aromatic hydroxyl groups is 1. The molecule has 3 unspecified atom stereocenters. The molecule has 3 aliphatic carbocycles. The van der Waals surface area contributed by atoms with Gasteiger partial charge in [-0.1, -0.05) is 77.4 Å². The summed E-state index contributed by atoms with van der Waals surface area (Å²) in [6.07, 6.45) is 0. The summed E-state index contributed by atoms with van der Waals surface area (Å²) in [6, 6.07) is 11.0. The first-order valence-electron chi connectivity index (χ1n) is 14.3. The van der Waals surface area contributed by atoms with E-state index in [1.54, 1.807) is 33.8 Å². The summed E-state index contributed by atoms with van der Waals surface area (Å²) in [4.78, 5) is 69.4. The normalized spacial score (nSPS) is 36.6. The van der Waals surface area contributed by atoms with Gasteiger partial charge in [-0.05, 0) is 59.8 Å². The number of rotatable bonds is 3. The molecule has 0 radical (unpaired) electrons. The highest BCUT2D eigenvalue weighted by molar-refractivity contribution is 6.33. The van der Waals surface area contributed by atoms with Gasteiger partial charge in [-0.3, -0.25) is 24.0 Å². The largest absolute Gasteiger partial charge is 0.507 e. The number of Topliss-reactive ketones (excluding diaryl/α,β-unsaturated/α-hetero) is 5. The van der Waals surface area contributed by atoms with Crippen LogP contribution in [-0.4, -0.2) is 44.7 Å². The zero-order chi connectivity index (χ0) is 30.6. The van der Waals surface area contributed by atoms with Gasteiger partial charge in [-0.2, -0.15) is 0 Å². The molecule has 8 atom stereocenters. The third kappa shape index (κ3) is 3.33. The molecule has 2 N–H and O–H groups in total. The van der Waals surface area contributed by atoms with Gasteiger partial charge in [-0.15, -0.1) is 0 Å². The maximum absolute atomic E-state index is 14.6. The molecule has 2 aromatic rings. The fourth-order valence-electron chi connectivity index (χ4n) is 8.85. The van der Waals surface area contributed by atoms with Gasteiger partial charge in [0.25, 0.3) is 0 Å². The first-order chi connectivity index (χ1) is 19.0. The van der Waals surface area contributed by atoms with Crippen molar-refractivity contribution in [3.05, 3.63) is 53.1 Å². The van der Waals surface area contributed by atoms with Crippen molar-refractivity contribution in [2.45, 2.75) is 66.9 Å². The van der Waals surface area contributed by atoms with Gasteiger partial charge in [0, 0.05) is 11.3 Å². The van der Waals surface area contributed by atoms with E-state index < -0.39 is 80.9 Å². The lowest BCUT2D eigenvalue weighted by molar-refractivity contribution is -0.222. The van der Waals surface area contributed by atoms with Crippen molar-refractivity contribution in [1.29, 1.82) is 0 Å². The number of hydrogen-bond donors (Lipinski definition) is 2. The molecule has 2 aromatic carbocycles. The molecule has 0 aromatic heterocycles. The first kappa shape index (κ1) is 29.1. The van der Waals surface area contributed by atoms with E-state index >= 15 is 0 Å². The van der Waals surface area contributed by atoms with Crippen LogP contribution in [0.1, 0.15) is 75.9 Å². The third-order valence-corrected chi connectivity index (χ3v) is 11.2. The van der Waals surface area contributed by atoms with Crippen molar-refractivity contribution < 1.29 is 34.2 Å². The maximum atomic E-state index is 14.6. The Bertz CT molecular complexity index is 1530. The van der Waals surface area contributed by atoms with Crippen LogP contribution < -0.4 is 0 Å². The molecule has 41 heavy (non-hydrogen) atoms. The molecular weight excluding hydrogens is 520 g/mol. The van der Waals surface area contributed by atoms with Crippen molar-refractivity contribution >= 4 is 28.9 Å². The van der Waals surface area contributed by atoms with Crippen LogP contribution in [0.25, 0.3) is 11.1 Å². The van der Waals surface area contributed by atoms with Crippen LogP contribution in [0.3, 0.4) is 0 Å². The number of ketones is 5. The summed E-state index contributed by atoms with van der Waals surface area (Å²) >= 11 is 0. The van der Waals surface area contributed by atoms with E-state index in [9.17, 15) is 34.2 Å². The average molecular weight is 559 g/mol. The number of aliphatic hydroxyl groups is 1. The van der Waals surface area contributed by atoms with Crippen LogP contribution in [0.5, 0.6) is 5.75 Å². The van der Waals surface area contributed by atoms with E-state index in [4.69, 9.17) is 0 Å². The minimum atomic E-state index is -2.73. The zero-order valence-electron chi connectivity index (χ0n) is 24.9. The molecule has 7 nitrogen and oxygen atoms in total. The lowest BCUT2D eigenvalue weighted by Crippen LogP contribution is -2.79. The Morgan fingerprint density at radius 1 is 0.927 bits per heavy atom. The number of phenolic OH excluding ortho intramolecular Hbond substituents is 1. The molecule has 5 rings (SSSR count). The Kier molecular flexibility index (Phi) is 6.39. The standard InChI is InChI=1S/C34H38O7/c1-15(2)26-28(37)24(18(5)35)30(39)34(41)31(40)27-29(38)25-22(36)14-13-21(20-11-9-16(3)10-12-20)23(25)17(4)32(27,7)19(6)33(26,34)8/h9-15,17,19,24,26-27,36,41H,1-8H3/t17-,19-,24?,26?,27?,32-,33-,34+/m1/s1. The van der Waals surface area contributed by atoms with Gasteiger partial charge in [-0.25, -0.2) is 0 Å². The van der Waals surface area contributed by atoms with Gasteiger partial charge in [0.05, 0.1) is 11.5 Å². The molecule has 0 aliphatic heterocycles. The second-order valence-electron chi connectivity index (χ2n) is 13.3. The predicted octanol–water partition coefficient (Wildman–Crippen LogP) is 4.88. The van der Waals surface area contributed by atoms with E-state index in [0.717, 1.165) is 23.6 Å². The number of fused-ring (bicyclic) bond motifs is 3. The van der Waals surface area contributed by atoms with Gasteiger partial charge in [0.2, 0.25) is 0 Å². The molecule has 0 saturated heterocycles. The van der Waals surface area contributed by atoms with Crippen molar-refractivity contribution in [1.82, 2.24) is 0 Å². The Labute approximate surface area is 240 Å². The van der Waals surface area contributed by atoms with Crippen molar-refractivity contribution in [2.24, 2.45) is 40.4 Å². The smallest absolute Gasteiger partial charge is 0.190 e. The zero-order valence-corrected chi connectivity index (χ0v) is 24.9. The number of aryl methyl sites for hydroxylation is 1. The van der Waals surface area contributed by atoms with Crippen molar-refractivity contribution in [2.75, 3.05) is 0 Å². The van der Waals surface area contributed by atoms with Gasteiger partial charge >= 0.3 is 0 Å². The summed E-state index contributed by atoms with van der Waals surface area (Å²) in [5.41, 5.74) is -2.19. The SMILES string of the molecule is CC(=O)C1C(=O)C(C(C)C)[C@@]2(C)[C@H](C)[C@]3(C)C(C(=O)c4c(O)ccc(-c5ccc(C)cc5)c4[C@H]3C)C(=O)[C@@]2(O)C1=O. The second-order valence-corrected chi connectivity index (χ2v) is 13.3. The summed E-state index contributed by atoms with van der Waals surface area (Å²) < 4.78 is 0. The quantitative estimate of drug-likeness (QED) is 0.515. The van der Waals surface area contributed by atoms with Crippen LogP contribution in [0.15, 0.2) is 36.4 Å². The van der Waals surface area contributed by atoms with E-state index in [2.05, 4.69) is 0 Å². The molecular formula is C34H38O7. The number of carbonyl (C=O) groups excluding carboxylic acids is 5. The monoisotopic (exact) mass is 558 g/mol. The Balaban J connectivity index is 1.83. The van der Waals surface area contributed by atoms with Crippen LogP contribution in [0.4, 0.5) is 0 Å². The molecule has 2 saturated carbocycles. The number of hydrogen-bond acceptors (Lipinski definition) is 7. The highest BCUT2D eigenvalue weighted by atomic mass is 16.3. The maximum Gasteiger partial charge on any atom is 0.190 e. The van der Waals surface area contributed by atoms with Gasteiger partial charge in [0.1, 0.15) is 17.5 Å². The highest BCUT2D eigenvalue weighted by Crippen LogP contribution is 2.69. The molecule has 0 heterocycles. The summed E-state index contributed by atoms with van der Waals surface area (Å²) in [7, 11) is 0. The number of benzene rings is 2. The Hall–Kier alpha value is -3.45. The Morgan fingerprint density at radius 2 is 1.51 bits per heavy atom. The molecule has 0 bridgehead atoms.